The summed E-state index contributed by atoms with van der Waals surface area (Å²) in [6.07, 6.45) is 4.95. The number of ether oxygens (including phenoxy) is 1. The van der Waals surface area contributed by atoms with Crippen molar-refractivity contribution in [3.63, 3.8) is 0 Å². The van der Waals surface area contributed by atoms with Crippen molar-refractivity contribution in [3.8, 4) is 0 Å². The molecule has 0 atom stereocenters. The molecule has 0 radical (unpaired) electrons. The Kier molecular flexibility index (Phi) is 7.14. The van der Waals surface area contributed by atoms with E-state index in [0.717, 1.165) is 24.3 Å². The summed E-state index contributed by atoms with van der Waals surface area (Å²) in [7, 11) is 0. The predicted octanol–water partition coefficient (Wildman–Crippen LogP) is 5.31. The summed E-state index contributed by atoms with van der Waals surface area (Å²) in [6, 6.07) is 3.67. The molecular weight excluding hydrogens is 302 g/mol. The number of aliphatic imine (C=N–C) groups is 2. The highest BCUT2D eigenvalue weighted by molar-refractivity contribution is 5.98. The van der Waals surface area contributed by atoms with Gasteiger partial charge in [0.05, 0.1) is 11.4 Å². The van der Waals surface area contributed by atoms with E-state index >= 15 is 0 Å². The molecule has 0 aliphatic rings. The quantitative estimate of drug-likeness (QED) is 0.554. The topological polar surface area (TPSA) is 56.0 Å². The molecule has 132 valence electrons. The standard InChI is InChI=1S/C19H29N3O2/c1-8-11-16(21-15(4)20-14(3)9-2)17-12-10-13-22(17)18(23)24-19(5,6)7/h10-13H,8-9H2,1-7H3/b16-11+,20-14?,21-15?. The molecule has 0 spiro atoms. The molecule has 0 bridgehead atoms. The molecule has 1 aromatic rings. The lowest BCUT2D eigenvalue weighted by atomic mass is 10.2. The molecular formula is C19H29N3O2. The summed E-state index contributed by atoms with van der Waals surface area (Å²) in [4.78, 5) is 21.5. The van der Waals surface area contributed by atoms with E-state index < -0.39 is 11.7 Å². The molecule has 0 unspecified atom stereocenters. The number of rotatable bonds is 4. The van der Waals surface area contributed by atoms with E-state index in [4.69, 9.17) is 4.74 Å². The fraction of sp³-hybridized carbons (Fsp3) is 0.526. The van der Waals surface area contributed by atoms with Gasteiger partial charge in [0.1, 0.15) is 11.4 Å². The first-order valence-electron chi connectivity index (χ1n) is 8.38. The minimum atomic E-state index is -0.547. The molecule has 5 nitrogen and oxygen atoms in total. The molecule has 24 heavy (non-hydrogen) atoms. The van der Waals surface area contributed by atoms with Gasteiger partial charge in [0.2, 0.25) is 0 Å². The number of aromatic nitrogens is 1. The normalized spacial score (nSPS) is 14.0. The van der Waals surface area contributed by atoms with Crippen molar-refractivity contribution in [2.24, 2.45) is 9.98 Å². The maximum absolute atomic E-state index is 12.4. The van der Waals surface area contributed by atoms with Crippen molar-refractivity contribution in [1.82, 2.24) is 4.57 Å². The summed E-state index contributed by atoms with van der Waals surface area (Å²) in [6.45, 7) is 13.5. The zero-order valence-electron chi connectivity index (χ0n) is 15.9. The van der Waals surface area contributed by atoms with Gasteiger partial charge < -0.3 is 4.74 Å². The second-order valence-electron chi connectivity index (χ2n) is 6.60. The van der Waals surface area contributed by atoms with Crippen LogP contribution in [0.25, 0.3) is 5.70 Å². The average molecular weight is 331 g/mol. The molecule has 1 heterocycles. The lowest BCUT2D eigenvalue weighted by molar-refractivity contribution is 0.0536. The summed E-state index contributed by atoms with van der Waals surface area (Å²) in [5.74, 6) is 0.672. The molecule has 1 rings (SSSR count). The van der Waals surface area contributed by atoms with Crippen LogP contribution in [0.5, 0.6) is 0 Å². The van der Waals surface area contributed by atoms with E-state index in [1.54, 1.807) is 6.20 Å². The van der Waals surface area contributed by atoms with Crippen molar-refractivity contribution >= 4 is 23.3 Å². The van der Waals surface area contributed by atoms with Crippen LogP contribution in [0.2, 0.25) is 0 Å². The molecule has 0 fully saturated rings. The van der Waals surface area contributed by atoms with Gasteiger partial charge in [0.15, 0.2) is 0 Å². The van der Waals surface area contributed by atoms with E-state index in [-0.39, 0.29) is 0 Å². The second-order valence-corrected chi connectivity index (χ2v) is 6.60. The number of amidine groups is 1. The first-order valence-corrected chi connectivity index (χ1v) is 8.38. The maximum Gasteiger partial charge on any atom is 0.419 e. The van der Waals surface area contributed by atoms with Crippen molar-refractivity contribution < 1.29 is 9.53 Å². The first-order chi connectivity index (χ1) is 11.2. The largest absolute Gasteiger partial charge is 0.443 e. The van der Waals surface area contributed by atoms with E-state index in [0.29, 0.717) is 11.5 Å². The Morgan fingerprint density at radius 2 is 1.92 bits per heavy atom. The number of allylic oxidation sites excluding steroid dienone is 1. The third-order valence-electron chi connectivity index (χ3n) is 3.15. The van der Waals surface area contributed by atoms with Gasteiger partial charge in [-0.05, 0) is 59.6 Å². The fourth-order valence-corrected chi connectivity index (χ4v) is 2.02. The third-order valence-corrected chi connectivity index (χ3v) is 3.15. The Balaban J connectivity index is 3.21. The van der Waals surface area contributed by atoms with Crippen LogP contribution >= 0.6 is 0 Å². The highest BCUT2D eigenvalue weighted by atomic mass is 16.6. The van der Waals surface area contributed by atoms with Gasteiger partial charge >= 0.3 is 6.09 Å². The lowest BCUT2D eigenvalue weighted by Gasteiger charge is -2.20. The van der Waals surface area contributed by atoms with Gasteiger partial charge in [-0.3, -0.25) is 4.57 Å². The van der Waals surface area contributed by atoms with Gasteiger partial charge in [-0.15, -0.1) is 0 Å². The number of carbonyl (C=O) groups is 1. The zero-order valence-corrected chi connectivity index (χ0v) is 15.9. The smallest absolute Gasteiger partial charge is 0.419 e. The highest BCUT2D eigenvalue weighted by Crippen LogP contribution is 2.20. The van der Waals surface area contributed by atoms with Gasteiger partial charge in [0, 0.05) is 11.9 Å². The number of nitrogens with zero attached hydrogens (tertiary/aromatic N) is 3. The number of hydrogen-bond donors (Lipinski definition) is 0. The Labute approximate surface area is 145 Å². The average Bonchev–Trinajstić information content (AvgIpc) is 2.94. The molecule has 0 saturated carbocycles. The van der Waals surface area contributed by atoms with Crippen LogP contribution in [-0.4, -0.2) is 27.8 Å². The van der Waals surface area contributed by atoms with Crippen LogP contribution in [-0.2, 0) is 4.74 Å². The summed E-state index contributed by atoms with van der Waals surface area (Å²) in [5.41, 5.74) is 1.90. The molecule has 0 aliphatic carbocycles. The number of carbonyl (C=O) groups excluding carboxylic acids is 1. The van der Waals surface area contributed by atoms with Crippen LogP contribution < -0.4 is 0 Å². The predicted molar refractivity (Wildman–Crippen MR) is 101 cm³/mol. The minimum absolute atomic E-state index is 0.411. The molecule has 0 saturated heterocycles. The Hall–Kier alpha value is -2.17. The van der Waals surface area contributed by atoms with E-state index in [1.165, 1.54) is 4.57 Å². The Morgan fingerprint density at radius 1 is 1.25 bits per heavy atom. The van der Waals surface area contributed by atoms with Gasteiger partial charge in [-0.2, -0.15) is 0 Å². The monoisotopic (exact) mass is 331 g/mol. The number of hydrogen-bond acceptors (Lipinski definition) is 3. The fourth-order valence-electron chi connectivity index (χ4n) is 2.02. The van der Waals surface area contributed by atoms with Crippen LogP contribution in [0.1, 0.15) is 67.0 Å². The van der Waals surface area contributed by atoms with Gasteiger partial charge in [-0.1, -0.05) is 19.9 Å². The van der Waals surface area contributed by atoms with Crippen molar-refractivity contribution in [2.45, 2.75) is 66.9 Å². The Bertz CT molecular complexity index is 658. The molecule has 1 aromatic heterocycles. The van der Waals surface area contributed by atoms with Gasteiger partial charge in [0.25, 0.3) is 0 Å². The van der Waals surface area contributed by atoms with Crippen molar-refractivity contribution in [2.75, 3.05) is 0 Å². The Morgan fingerprint density at radius 3 is 2.46 bits per heavy atom. The molecule has 0 aliphatic heterocycles. The van der Waals surface area contributed by atoms with Crippen LogP contribution in [0, 0.1) is 0 Å². The summed E-state index contributed by atoms with van der Waals surface area (Å²) < 4.78 is 6.94. The molecule has 0 N–H and O–H groups in total. The SMILES string of the molecule is CC/C=C(/N=C(C)N=C(C)CC)c1cccn1C(=O)OC(C)(C)C. The third kappa shape index (κ3) is 6.14. The molecule has 0 aromatic carbocycles. The van der Waals surface area contributed by atoms with Crippen LogP contribution in [0.15, 0.2) is 34.4 Å². The van der Waals surface area contributed by atoms with Gasteiger partial charge in [-0.25, -0.2) is 14.8 Å². The van der Waals surface area contributed by atoms with E-state index in [2.05, 4.69) is 16.9 Å². The zero-order chi connectivity index (χ0) is 18.3. The van der Waals surface area contributed by atoms with Crippen LogP contribution in [0.4, 0.5) is 4.79 Å². The maximum atomic E-state index is 12.4. The van der Waals surface area contributed by atoms with Crippen LogP contribution in [0.3, 0.4) is 0 Å². The summed E-state index contributed by atoms with van der Waals surface area (Å²) >= 11 is 0. The first kappa shape index (κ1) is 19.9. The van der Waals surface area contributed by atoms with E-state index in [1.807, 2.05) is 59.8 Å². The molecule has 5 heteroatoms. The van der Waals surface area contributed by atoms with Crippen molar-refractivity contribution in [1.29, 1.82) is 0 Å². The minimum Gasteiger partial charge on any atom is -0.443 e. The molecule has 0 amide bonds. The lowest BCUT2D eigenvalue weighted by Crippen LogP contribution is -2.27. The highest BCUT2D eigenvalue weighted by Gasteiger charge is 2.20. The second kappa shape index (κ2) is 8.62. The van der Waals surface area contributed by atoms with Crippen molar-refractivity contribution in [3.05, 3.63) is 30.1 Å². The van der Waals surface area contributed by atoms with E-state index in [9.17, 15) is 4.79 Å². The summed E-state index contributed by atoms with van der Waals surface area (Å²) in [5, 5.41) is 0.